The third-order valence-electron chi connectivity index (χ3n) is 12.0. The summed E-state index contributed by atoms with van der Waals surface area (Å²) in [5.74, 6) is 0. The molecule has 0 aromatic heterocycles. The molecule has 0 amide bonds. The molecule has 0 heterocycles. The van der Waals surface area contributed by atoms with Crippen LogP contribution in [0.2, 0.25) is 0 Å². The minimum Gasteiger partial charge on any atom is -0.310 e. The highest BCUT2D eigenvalue weighted by atomic mass is 15.1. The Labute approximate surface area is 312 Å². The minimum absolute atomic E-state index is 0.0768. The quantitative estimate of drug-likeness (QED) is 0.175. The monoisotopic (exact) mass is 679 g/mol. The van der Waals surface area contributed by atoms with Crippen LogP contribution in [0, 0.1) is 0 Å². The van der Waals surface area contributed by atoms with E-state index in [0.717, 1.165) is 17.1 Å². The molecule has 8 aromatic carbocycles. The van der Waals surface area contributed by atoms with E-state index < -0.39 is 0 Å². The fourth-order valence-corrected chi connectivity index (χ4v) is 9.52. The lowest BCUT2D eigenvalue weighted by molar-refractivity contribution is 0.660. The van der Waals surface area contributed by atoms with Crippen molar-refractivity contribution in [3.8, 4) is 44.5 Å². The van der Waals surface area contributed by atoms with Crippen LogP contribution >= 0.6 is 0 Å². The van der Waals surface area contributed by atoms with Crippen LogP contribution in [-0.2, 0) is 10.8 Å². The highest BCUT2D eigenvalue weighted by Gasteiger charge is 2.38. The predicted molar refractivity (Wildman–Crippen MR) is 225 cm³/mol. The summed E-state index contributed by atoms with van der Waals surface area (Å²) in [5, 5.41) is 2.46. The zero-order valence-electron chi connectivity index (χ0n) is 30.7. The van der Waals surface area contributed by atoms with Gasteiger partial charge >= 0.3 is 0 Å². The Balaban J connectivity index is 1.20. The summed E-state index contributed by atoms with van der Waals surface area (Å²) < 4.78 is 0. The molecular formula is C52H41N. The van der Waals surface area contributed by atoms with E-state index in [1.165, 1.54) is 77.5 Å². The van der Waals surface area contributed by atoms with Crippen molar-refractivity contribution in [1.29, 1.82) is 0 Å². The molecule has 10 rings (SSSR count). The summed E-state index contributed by atoms with van der Waals surface area (Å²) in [6.45, 7) is 9.47. The van der Waals surface area contributed by atoms with Gasteiger partial charge in [0, 0.05) is 27.8 Å². The van der Waals surface area contributed by atoms with E-state index >= 15 is 0 Å². The molecule has 2 aliphatic carbocycles. The molecule has 0 unspecified atom stereocenters. The molecular weight excluding hydrogens is 639 g/mol. The van der Waals surface area contributed by atoms with Crippen LogP contribution in [0.4, 0.5) is 17.1 Å². The normalized spacial score (nSPS) is 14.3. The van der Waals surface area contributed by atoms with E-state index in [9.17, 15) is 0 Å². The first-order valence-corrected chi connectivity index (χ1v) is 18.8. The van der Waals surface area contributed by atoms with Gasteiger partial charge in [-0.3, -0.25) is 0 Å². The first kappa shape index (κ1) is 31.5. The predicted octanol–water partition coefficient (Wildman–Crippen LogP) is 14.3. The summed E-state index contributed by atoms with van der Waals surface area (Å²) in [7, 11) is 0. The lowest BCUT2D eigenvalue weighted by atomic mass is 9.79. The van der Waals surface area contributed by atoms with Crippen molar-refractivity contribution in [2.24, 2.45) is 0 Å². The van der Waals surface area contributed by atoms with Gasteiger partial charge in [0.1, 0.15) is 0 Å². The lowest BCUT2D eigenvalue weighted by Crippen LogP contribution is -2.16. The highest BCUT2D eigenvalue weighted by Crippen LogP contribution is 2.55. The van der Waals surface area contributed by atoms with E-state index in [4.69, 9.17) is 0 Å². The first-order valence-electron chi connectivity index (χ1n) is 18.8. The Morgan fingerprint density at radius 3 is 1.75 bits per heavy atom. The number of fused-ring (bicyclic) bond motifs is 7. The Bertz CT molecular complexity index is 2740. The lowest BCUT2D eigenvalue weighted by Gasteiger charge is -2.30. The fourth-order valence-electron chi connectivity index (χ4n) is 9.52. The molecule has 0 radical (unpaired) electrons. The maximum atomic E-state index is 2.47. The van der Waals surface area contributed by atoms with Crippen LogP contribution in [0.25, 0.3) is 55.3 Å². The summed E-state index contributed by atoms with van der Waals surface area (Å²) in [4.78, 5) is 2.47. The first-order chi connectivity index (χ1) is 25.8. The van der Waals surface area contributed by atoms with Crippen molar-refractivity contribution in [2.75, 3.05) is 4.90 Å². The molecule has 0 saturated heterocycles. The van der Waals surface area contributed by atoms with Gasteiger partial charge in [0.25, 0.3) is 0 Å². The van der Waals surface area contributed by atoms with Gasteiger partial charge in [-0.25, -0.2) is 0 Å². The van der Waals surface area contributed by atoms with Crippen molar-refractivity contribution < 1.29 is 0 Å². The smallest absolute Gasteiger partial charge is 0.0540 e. The number of hydrogen-bond acceptors (Lipinski definition) is 1. The fraction of sp³-hybridized carbons (Fsp3) is 0.115. The van der Waals surface area contributed by atoms with Gasteiger partial charge in [-0.15, -0.1) is 0 Å². The van der Waals surface area contributed by atoms with Gasteiger partial charge in [0.05, 0.1) is 5.69 Å². The summed E-state index contributed by atoms with van der Waals surface area (Å²) in [5.41, 5.74) is 19.1. The average molecular weight is 680 g/mol. The third-order valence-corrected chi connectivity index (χ3v) is 12.0. The zero-order chi connectivity index (χ0) is 35.9. The highest BCUT2D eigenvalue weighted by molar-refractivity contribution is 5.99. The Morgan fingerprint density at radius 1 is 0.358 bits per heavy atom. The van der Waals surface area contributed by atoms with Crippen molar-refractivity contribution >= 4 is 27.8 Å². The Morgan fingerprint density at radius 2 is 0.925 bits per heavy atom. The third kappa shape index (κ3) is 4.70. The number of nitrogens with zero attached hydrogens (tertiary/aromatic N) is 1. The maximum Gasteiger partial charge on any atom is 0.0540 e. The molecule has 2 aliphatic rings. The van der Waals surface area contributed by atoms with Gasteiger partial charge in [0.15, 0.2) is 0 Å². The van der Waals surface area contributed by atoms with Crippen molar-refractivity contribution in [2.45, 2.75) is 38.5 Å². The molecule has 1 nitrogen and oxygen atoms in total. The molecule has 0 saturated carbocycles. The molecule has 0 bridgehead atoms. The SMILES string of the molecule is CC1(C)c2ccccc2-c2c(-c3ccccc3N(c3cccc(-c4cccc5c4C(C)(C)c4ccccc4-5)c3)c3ccc4ccccc4c3)cccc21. The number of rotatable bonds is 5. The van der Waals surface area contributed by atoms with Gasteiger partial charge in [-0.1, -0.05) is 173 Å². The Kier molecular flexibility index (Phi) is 6.94. The number of anilines is 3. The summed E-state index contributed by atoms with van der Waals surface area (Å²) >= 11 is 0. The molecule has 1 heteroatoms. The second-order valence-electron chi connectivity index (χ2n) is 15.7. The van der Waals surface area contributed by atoms with Crippen molar-refractivity contribution in [3.63, 3.8) is 0 Å². The molecule has 0 N–H and O–H groups in total. The second-order valence-corrected chi connectivity index (χ2v) is 15.7. The van der Waals surface area contributed by atoms with Crippen LogP contribution in [0.15, 0.2) is 176 Å². The molecule has 0 spiro atoms. The number of hydrogen-bond donors (Lipinski definition) is 0. The molecule has 8 aromatic rings. The number of benzene rings is 8. The van der Waals surface area contributed by atoms with E-state index in [1.54, 1.807) is 0 Å². The van der Waals surface area contributed by atoms with Crippen LogP contribution in [0.3, 0.4) is 0 Å². The van der Waals surface area contributed by atoms with Gasteiger partial charge in [0.2, 0.25) is 0 Å². The molecule has 53 heavy (non-hydrogen) atoms. The largest absolute Gasteiger partial charge is 0.310 e. The van der Waals surface area contributed by atoms with Crippen LogP contribution in [-0.4, -0.2) is 0 Å². The van der Waals surface area contributed by atoms with Crippen LogP contribution < -0.4 is 4.90 Å². The van der Waals surface area contributed by atoms with Crippen molar-refractivity contribution in [3.05, 3.63) is 198 Å². The summed E-state index contributed by atoms with van der Waals surface area (Å²) in [6, 6.07) is 65.3. The van der Waals surface area contributed by atoms with E-state index in [1.807, 2.05) is 0 Å². The topological polar surface area (TPSA) is 3.24 Å². The van der Waals surface area contributed by atoms with Gasteiger partial charge in [-0.05, 0) is 102 Å². The number of para-hydroxylation sites is 1. The molecule has 0 atom stereocenters. The minimum atomic E-state index is -0.110. The second kappa shape index (κ2) is 11.7. The molecule has 0 aliphatic heterocycles. The van der Waals surface area contributed by atoms with E-state index in [0.29, 0.717) is 0 Å². The van der Waals surface area contributed by atoms with Crippen LogP contribution in [0.1, 0.15) is 49.9 Å². The van der Waals surface area contributed by atoms with Gasteiger partial charge in [-0.2, -0.15) is 0 Å². The maximum absolute atomic E-state index is 2.47. The van der Waals surface area contributed by atoms with Crippen LogP contribution in [0.5, 0.6) is 0 Å². The molecule has 254 valence electrons. The Hall–Kier alpha value is -6.18. The summed E-state index contributed by atoms with van der Waals surface area (Å²) in [6.07, 6.45) is 0. The zero-order valence-corrected chi connectivity index (χ0v) is 30.7. The van der Waals surface area contributed by atoms with Gasteiger partial charge < -0.3 is 4.90 Å². The molecule has 0 fully saturated rings. The standard InChI is InChI=1S/C52H41N/c1-51(2)46-27-11-8-22-44(46)49-42(24-15-28-47(49)51)41-21-9-12-29-48(41)53(38-31-30-34-16-5-6-17-35(34)32-38)37-19-13-18-36(33-37)39-23-14-25-43-40-20-7-10-26-45(40)52(3,4)50(39)43/h5-33H,1-4H3. The van der Waals surface area contributed by atoms with E-state index in [2.05, 4.69) is 209 Å². The average Bonchev–Trinajstić information content (AvgIpc) is 3.58. The van der Waals surface area contributed by atoms with E-state index in [-0.39, 0.29) is 10.8 Å². The van der Waals surface area contributed by atoms with Crippen molar-refractivity contribution in [1.82, 2.24) is 0 Å².